The third-order valence-electron chi connectivity index (χ3n) is 2.94. The van der Waals surface area contributed by atoms with Gasteiger partial charge in [-0.3, -0.25) is 0 Å². The molecule has 4 heteroatoms. The van der Waals surface area contributed by atoms with Crippen molar-refractivity contribution in [1.82, 2.24) is 0 Å². The molecule has 0 aliphatic rings. The van der Waals surface area contributed by atoms with E-state index >= 15 is 0 Å². The van der Waals surface area contributed by atoms with Gasteiger partial charge in [-0.25, -0.2) is 4.72 Å². The standard InChI is InChI=1S/C15H15Cl2NS/c1-3-11-4-6-13(8-10(11)2)18-19-15-7-5-12(16)9-14(15)17/h4-9,18H,3H2,1-2H3/p+1. The zero-order valence-corrected chi connectivity index (χ0v) is 13.3. The van der Waals surface area contributed by atoms with Gasteiger partial charge in [0.15, 0.2) is 4.90 Å². The number of anilines is 1. The highest BCUT2D eigenvalue weighted by molar-refractivity contribution is 7.80. The molecule has 19 heavy (non-hydrogen) atoms. The fraction of sp³-hybridized carbons (Fsp3) is 0.200. The highest BCUT2D eigenvalue weighted by Gasteiger charge is 2.10. The minimum atomic E-state index is 0.659. The lowest BCUT2D eigenvalue weighted by Gasteiger charge is -2.05. The Hall–Kier alpha value is -0.830. The van der Waals surface area contributed by atoms with Gasteiger partial charge in [0.05, 0.1) is 10.7 Å². The lowest BCUT2D eigenvalue weighted by atomic mass is 10.1. The zero-order chi connectivity index (χ0) is 13.8. The van der Waals surface area contributed by atoms with E-state index in [-0.39, 0.29) is 0 Å². The summed E-state index contributed by atoms with van der Waals surface area (Å²) in [6, 6.07) is 12.0. The second-order valence-corrected chi connectivity index (χ2v) is 6.09. The maximum atomic E-state index is 6.14. The number of rotatable bonds is 4. The third kappa shape index (κ3) is 3.82. The van der Waals surface area contributed by atoms with Crippen molar-refractivity contribution in [3.8, 4) is 0 Å². The summed E-state index contributed by atoms with van der Waals surface area (Å²) in [5, 5.41) is 1.34. The molecule has 0 heterocycles. The van der Waals surface area contributed by atoms with Crippen molar-refractivity contribution >= 4 is 40.8 Å². The fourth-order valence-corrected chi connectivity index (χ4v) is 3.10. The van der Waals surface area contributed by atoms with Gasteiger partial charge in [-0.15, -0.1) is 0 Å². The van der Waals surface area contributed by atoms with Crippen LogP contribution in [0.25, 0.3) is 0 Å². The normalized spacial score (nSPS) is 10.5. The number of hydrogen-bond donors (Lipinski definition) is 1. The molecule has 0 amide bonds. The molecule has 2 rings (SSSR count). The number of thiol groups is 1. The summed E-state index contributed by atoms with van der Waals surface area (Å²) >= 11 is 13.0. The predicted molar refractivity (Wildman–Crippen MR) is 87.7 cm³/mol. The predicted octanol–water partition coefficient (Wildman–Crippen LogP) is 5.07. The van der Waals surface area contributed by atoms with E-state index in [0.29, 0.717) is 10.0 Å². The van der Waals surface area contributed by atoms with Crippen LogP contribution in [-0.4, -0.2) is 0 Å². The van der Waals surface area contributed by atoms with Crippen molar-refractivity contribution in [2.75, 3.05) is 4.72 Å². The van der Waals surface area contributed by atoms with E-state index < -0.39 is 0 Å². The van der Waals surface area contributed by atoms with Crippen LogP contribution in [0.3, 0.4) is 0 Å². The van der Waals surface area contributed by atoms with Gasteiger partial charge in [0.1, 0.15) is 11.9 Å². The Morgan fingerprint density at radius 3 is 2.53 bits per heavy atom. The van der Waals surface area contributed by atoms with Gasteiger partial charge in [0.2, 0.25) is 0 Å². The summed E-state index contributed by atoms with van der Waals surface area (Å²) in [6.45, 7) is 4.30. The number of halogens is 2. The van der Waals surface area contributed by atoms with E-state index in [4.69, 9.17) is 23.2 Å². The maximum absolute atomic E-state index is 6.14. The molecule has 0 spiro atoms. The molecule has 0 bridgehead atoms. The summed E-state index contributed by atoms with van der Waals surface area (Å²) in [7, 11) is 0. The summed E-state index contributed by atoms with van der Waals surface area (Å²) in [5.74, 6) is 0. The molecular weight excluding hydrogens is 297 g/mol. The van der Waals surface area contributed by atoms with E-state index in [1.165, 1.54) is 11.1 Å². The molecule has 0 fully saturated rings. The SMILES string of the molecule is CCc1ccc(N[SH+]c2ccc(Cl)cc2Cl)cc1C. The first kappa shape index (κ1) is 14.6. The number of nitrogens with one attached hydrogen (secondary N) is 1. The lowest BCUT2D eigenvalue weighted by molar-refractivity contribution is 1.11. The molecule has 0 radical (unpaired) electrons. The van der Waals surface area contributed by atoms with Crippen molar-refractivity contribution in [2.45, 2.75) is 25.2 Å². The van der Waals surface area contributed by atoms with E-state index in [0.717, 1.165) is 29.0 Å². The quantitative estimate of drug-likeness (QED) is 0.614. The van der Waals surface area contributed by atoms with Crippen LogP contribution < -0.4 is 4.72 Å². The van der Waals surface area contributed by atoms with E-state index in [9.17, 15) is 0 Å². The monoisotopic (exact) mass is 312 g/mol. The van der Waals surface area contributed by atoms with Crippen LogP contribution in [0.2, 0.25) is 10.0 Å². The van der Waals surface area contributed by atoms with Crippen LogP contribution in [0, 0.1) is 6.92 Å². The summed E-state index contributed by atoms with van der Waals surface area (Å²) in [6.07, 6.45) is 1.06. The van der Waals surface area contributed by atoms with E-state index in [1.807, 2.05) is 12.1 Å². The van der Waals surface area contributed by atoms with Crippen LogP contribution in [0.5, 0.6) is 0 Å². The molecule has 1 N–H and O–H groups in total. The van der Waals surface area contributed by atoms with Crippen LogP contribution in [0.1, 0.15) is 18.1 Å². The van der Waals surface area contributed by atoms with Crippen LogP contribution in [0.15, 0.2) is 41.3 Å². The van der Waals surface area contributed by atoms with Crippen LogP contribution >= 0.6 is 23.2 Å². The Labute approximate surface area is 128 Å². The van der Waals surface area contributed by atoms with Gasteiger partial charge in [-0.05, 0) is 54.8 Å². The minimum absolute atomic E-state index is 0.659. The van der Waals surface area contributed by atoms with E-state index in [1.54, 1.807) is 6.07 Å². The van der Waals surface area contributed by atoms with Gasteiger partial charge in [-0.2, -0.15) is 0 Å². The second kappa shape index (κ2) is 6.56. The highest BCUT2D eigenvalue weighted by Crippen LogP contribution is 2.23. The highest BCUT2D eigenvalue weighted by atomic mass is 35.5. The smallest absolute Gasteiger partial charge is 0.197 e. The molecule has 0 unspecified atom stereocenters. The van der Waals surface area contributed by atoms with Gasteiger partial charge in [0, 0.05) is 5.02 Å². The Bertz CT molecular complexity index is 584. The second-order valence-electron chi connectivity index (χ2n) is 4.31. The average molecular weight is 313 g/mol. The van der Waals surface area contributed by atoms with Crippen molar-refractivity contribution in [3.05, 3.63) is 57.6 Å². The van der Waals surface area contributed by atoms with Crippen molar-refractivity contribution in [2.24, 2.45) is 0 Å². The Kier molecular flexibility index (Phi) is 5.03. The number of aryl methyl sites for hydroxylation is 2. The first-order chi connectivity index (χ1) is 9.10. The molecule has 0 aliphatic heterocycles. The van der Waals surface area contributed by atoms with Gasteiger partial charge in [-0.1, -0.05) is 36.2 Å². The molecular formula is C15H16Cl2NS+. The Balaban J connectivity index is 2.08. The molecule has 0 atom stereocenters. The van der Waals surface area contributed by atoms with Gasteiger partial charge >= 0.3 is 0 Å². The minimum Gasteiger partial charge on any atom is -0.204 e. The number of benzene rings is 2. The summed E-state index contributed by atoms with van der Waals surface area (Å²) < 4.78 is 3.36. The molecule has 2 aromatic rings. The van der Waals surface area contributed by atoms with Crippen LogP contribution in [-0.2, 0) is 18.4 Å². The Morgan fingerprint density at radius 1 is 1.11 bits per heavy atom. The first-order valence-electron chi connectivity index (χ1n) is 6.11. The molecule has 100 valence electrons. The molecule has 0 saturated carbocycles. The molecule has 0 aromatic heterocycles. The van der Waals surface area contributed by atoms with Crippen molar-refractivity contribution < 1.29 is 0 Å². The van der Waals surface area contributed by atoms with Crippen molar-refractivity contribution in [3.63, 3.8) is 0 Å². The summed E-state index contributed by atoms with van der Waals surface area (Å²) in [4.78, 5) is 1.02. The number of hydrogen-bond acceptors (Lipinski definition) is 1. The average Bonchev–Trinajstić information content (AvgIpc) is 2.38. The zero-order valence-electron chi connectivity index (χ0n) is 10.9. The molecule has 2 aromatic carbocycles. The van der Waals surface area contributed by atoms with Crippen molar-refractivity contribution in [1.29, 1.82) is 0 Å². The topological polar surface area (TPSA) is 12.0 Å². The largest absolute Gasteiger partial charge is 0.204 e. The fourth-order valence-electron chi connectivity index (χ4n) is 1.86. The van der Waals surface area contributed by atoms with E-state index in [2.05, 4.69) is 36.8 Å². The maximum Gasteiger partial charge on any atom is 0.197 e. The molecule has 0 saturated heterocycles. The summed E-state index contributed by atoms with van der Waals surface area (Å²) in [5.41, 5.74) is 3.79. The first-order valence-corrected chi connectivity index (χ1v) is 7.76. The Morgan fingerprint density at radius 2 is 1.89 bits per heavy atom. The van der Waals surface area contributed by atoms with Crippen LogP contribution in [0.4, 0.5) is 5.69 Å². The lowest BCUT2D eigenvalue weighted by Crippen LogP contribution is -1.99. The van der Waals surface area contributed by atoms with Gasteiger partial charge in [0.25, 0.3) is 0 Å². The van der Waals surface area contributed by atoms with Gasteiger partial charge < -0.3 is 0 Å². The molecule has 0 aliphatic carbocycles. The molecule has 1 nitrogen and oxygen atoms in total. The third-order valence-corrected chi connectivity index (χ3v) is 4.62.